The van der Waals surface area contributed by atoms with Gasteiger partial charge in [-0.05, 0) is 48.7 Å². The predicted molar refractivity (Wildman–Crippen MR) is 103 cm³/mol. The van der Waals surface area contributed by atoms with E-state index in [9.17, 15) is 24.3 Å². The van der Waals surface area contributed by atoms with Crippen molar-refractivity contribution in [1.82, 2.24) is 0 Å². The summed E-state index contributed by atoms with van der Waals surface area (Å²) in [5.74, 6) is -2.99. The highest BCUT2D eigenvalue weighted by Crippen LogP contribution is 2.33. The van der Waals surface area contributed by atoms with Crippen molar-refractivity contribution >= 4 is 35.1 Å². The number of aromatic carboxylic acids is 2. The topological polar surface area (TPSA) is 133 Å². The Morgan fingerprint density at radius 2 is 1.50 bits per heavy atom. The average molecular weight is 384 g/mol. The molecule has 0 aliphatic rings. The summed E-state index contributed by atoms with van der Waals surface area (Å²) >= 11 is 0. The van der Waals surface area contributed by atoms with Crippen LogP contribution in [0.5, 0.6) is 0 Å². The van der Waals surface area contributed by atoms with E-state index < -0.39 is 17.8 Å². The van der Waals surface area contributed by atoms with Crippen molar-refractivity contribution in [3.8, 4) is 0 Å². The Hall–Kier alpha value is -3.68. The fraction of sp³-hybridized carbons (Fsp3) is 0.200. The fourth-order valence-electron chi connectivity index (χ4n) is 2.77. The van der Waals surface area contributed by atoms with Gasteiger partial charge in [-0.25, -0.2) is 9.59 Å². The zero-order valence-electron chi connectivity index (χ0n) is 15.6. The monoisotopic (exact) mass is 384 g/mol. The number of anilines is 2. The van der Waals surface area contributed by atoms with Crippen LogP contribution in [-0.2, 0) is 16.0 Å². The molecule has 2 amide bonds. The second-order valence-corrected chi connectivity index (χ2v) is 6.33. The molecule has 0 fully saturated rings. The minimum Gasteiger partial charge on any atom is -0.478 e. The molecule has 0 aromatic heterocycles. The van der Waals surface area contributed by atoms with Gasteiger partial charge in [-0.3, -0.25) is 9.59 Å². The fourth-order valence-corrected chi connectivity index (χ4v) is 2.77. The van der Waals surface area contributed by atoms with Gasteiger partial charge in [0.2, 0.25) is 11.8 Å². The van der Waals surface area contributed by atoms with E-state index in [1.165, 1.54) is 37.3 Å². The number of carboxylic acids is 2. The zero-order valence-corrected chi connectivity index (χ0v) is 15.6. The van der Waals surface area contributed by atoms with E-state index in [1.54, 1.807) is 13.8 Å². The molecule has 0 saturated carbocycles. The van der Waals surface area contributed by atoms with E-state index in [2.05, 4.69) is 10.6 Å². The molecule has 2 rings (SSSR count). The Morgan fingerprint density at radius 3 is 2.00 bits per heavy atom. The van der Waals surface area contributed by atoms with E-state index in [0.717, 1.165) is 0 Å². The SMILES string of the molecule is CC(=O)Nc1c(C)cc(C(=O)O)c(C)c1NC(=O)Cc1ccc(C(=O)O)cc1. The number of hydrogen-bond acceptors (Lipinski definition) is 4. The van der Waals surface area contributed by atoms with Gasteiger partial charge >= 0.3 is 11.9 Å². The summed E-state index contributed by atoms with van der Waals surface area (Å²) in [5, 5.41) is 23.6. The Balaban J connectivity index is 2.34. The van der Waals surface area contributed by atoms with Crippen molar-refractivity contribution in [3.63, 3.8) is 0 Å². The minimum absolute atomic E-state index is 0.0210. The van der Waals surface area contributed by atoms with Crippen LogP contribution in [0.25, 0.3) is 0 Å². The van der Waals surface area contributed by atoms with Crippen LogP contribution in [0.1, 0.15) is 44.3 Å². The number of carbonyl (C=O) groups is 4. The molecule has 4 N–H and O–H groups in total. The number of carboxylic acid groups (broad SMARTS) is 2. The largest absolute Gasteiger partial charge is 0.478 e. The zero-order chi connectivity index (χ0) is 21.0. The second kappa shape index (κ2) is 8.34. The highest BCUT2D eigenvalue weighted by atomic mass is 16.4. The lowest BCUT2D eigenvalue weighted by molar-refractivity contribution is -0.116. The molecule has 8 nitrogen and oxygen atoms in total. The molecule has 2 aromatic carbocycles. The first-order valence-electron chi connectivity index (χ1n) is 8.37. The number of hydrogen-bond donors (Lipinski definition) is 4. The number of aryl methyl sites for hydroxylation is 1. The van der Waals surface area contributed by atoms with Gasteiger partial charge in [0.1, 0.15) is 0 Å². The number of benzene rings is 2. The molecule has 0 aliphatic heterocycles. The molecule has 0 heterocycles. The third-order valence-corrected chi connectivity index (χ3v) is 4.15. The molecular weight excluding hydrogens is 364 g/mol. The van der Waals surface area contributed by atoms with Crippen LogP contribution in [0.2, 0.25) is 0 Å². The maximum Gasteiger partial charge on any atom is 0.336 e. The molecule has 0 saturated heterocycles. The molecule has 0 atom stereocenters. The molecule has 0 aliphatic carbocycles. The van der Waals surface area contributed by atoms with E-state index in [0.29, 0.717) is 22.4 Å². The lowest BCUT2D eigenvalue weighted by Gasteiger charge is -2.18. The van der Waals surface area contributed by atoms with Crippen molar-refractivity contribution in [1.29, 1.82) is 0 Å². The van der Waals surface area contributed by atoms with E-state index in [-0.39, 0.29) is 29.1 Å². The van der Waals surface area contributed by atoms with Crippen LogP contribution in [0, 0.1) is 13.8 Å². The van der Waals surface area contributed by atoms with Gasteiger partial charge in [-0.15, -0.1) is 0 Å². The normalized spacial score (nSPS) is 10.2. The van der Waals surface area contributed by atoms with Crippen molar-refractivity contribution in [2.24, 2.45) is 0 Å². The molecule has 0 bridgehead atoms. The molecule has 8 heteroatoms. The molecule has 146 valence electrons. The predicted octanol–water partition coefficient (Wildman–Crippen LogP) is 2.84. The van der Waals surface area contributed by atoms with Gasteiger partial charge in [0.05, 0.1) is 28.9 Å². The third kappa shape index (κ3) is 4.73. The summed E-state index contributed by atoms with van der Waals surface area (Å²) in [7, 11) is 0. The smallest absolute Gasteiger partial charge is 0.336 e. The van der Waals surface area contributed by atoms with Crippen LogP contribution < -0.4 is 10.6 Å². The number of nitrogens with one attached hydrogen (secondary N) is 2. The maximum absolute atomic E-state index is 12.5. The number of carbonyl (C=O) groups excluding carboxylic acids is 2. The van der Waals surface area contributed by atoms with Gasteiger partial charge in [0.15, 0.2) is 0 Å². The lowest BCUT2D eigenvalue weighted by atomic mass is 10.00. The Morgan fingerprint density at radius 1 is 0.893 bits per heavy atom. The summed E-state index contributed by atoms with van der Waals surface area (Å²) in [5.41, 5.74) is 2.10. The number of rotatable bonds is 6. The molecule has 0 radical (unpaired) electrons. The molecule has 2 aromatic rings. The molecule has 28 heavy (non-hydrogen) atoms. The first kappa shape index (κ1) is 20.6. The van der Waals surface area contributed by atoms with Gasteiger partial charge < -0.3 is 20.8 Å². The summed E-state index contributed by atoms with van der Waals surface area (Å²) in [4.78, 5) is 46.4. The van der Waals surface area contributed by atoms with Gasteiger partial charge in [0.25, 0.3) is 0 Å². The average Bonchev–Trinajstić information content (AvgIpc) is 2.60. The molecule has 0 unspecified atom stereocenters. The van der Waals surface area contributed by atoms with Crippen molar-refractivity contribution < 1.29 is 29.4 Å². The van der Waals surface area contributed by atoms with Crippen LogP contribution in [0.3, 0.4) is 0 Å². The van der Waals surface area contributed by atoms with E-state index >= 15 is 0 Å². The van der Waals surface area contributed by atoms with Gasteiger partial charge in [0, 0.05) is 6.92 Å². The standard InChI is InChI=1S/C20H20N2O6/c1-10-8-15(20(27)28)11(2)18(17(10)21-12(3)23)22-16(24)9-13-4-6-14(7-5-13)19(25)26/h4-8H,9H2,1-3H3,(H,21,23)(H,22,24)(H,25,26)(H,27,28). The van der Waals surface area contributed by atoms with Gasteiger partial charge in [-0.2, -0.15) is 0 Å². The highest BCUT2D eigenvalue weighted by molar-refractivity contribution is 6.04. The summed E-state index contributed by atoms with van der Waals surface area (Å²) in [6.45, 7) is 4.50. The third-order valence-electron chi connectivity index (χ3n) is 4.15. The van der Waals surface area contributed by atoms with Crippen molar-refractivity contribution in [3.05, 3.63) is 58.1 Å². The quantitative estimate of drug-likeness (QED) is 0.605. The Kier molecular flexibility index (Phi) is 6.15. The molecular formula is C20H20N2O6. The lowest BCUT2D eigenvalue weighted by Crippen LogP contribution is -2.20. The van der Waals surface area contributed by atoms with E-state index in [4.69, 9.17) is 5.11 Å². The summed E-state index contributed by atoms with van der Waals surface area (Å²) in [6.07, 6.45) is -0.0464. The minimum atomic E-state index is -1.14. The van der Waals surface area contributed by atoms with Crippen LogP contribution in [-0.4, -0.2) is 34.0 Å². The maximum atomic E-state index is 12.5. The second-order valence-electron chi connectivity index (χ2n) is 6.33. The number of amides is 2. The Bertz CT molecular complexity index is 964. The first-order valence-corrected chi connectivity index (χ1v) is 8.37. The first-order chi connectivity index (χ1) is 13.1. The van der Waals surface area contributed by atoms with Crippen LogP contribution in [0.15, 0.2) is 30.3 Å². The highest BCUT2D eigenvalue weighted by Gasteiger charge is 2.20. The van der Waals surface area contributed by atoms with Crippen LogP contribution in [0.4, 0.5) is 11.4 Å². The van der Waals surface area contributed by atoms with Crippen LogP contribution >= 0.6 is 0 Å². The molecule has 0 spiro atoms. The summed E-state index contributed by atoms with van der Waals surface area (Å²) < 4.78 is 0. The van der Waals surface area contributed by atoms with Crippen molar-refractivity contribution in [2.75, 3.05) is 10.6 Å². The van der Waals surface area contributed by atoms with Crippen molar-refractivity contribution in [2.45, 2.75) is 27.2 Å². The Labute approximate surface area is 161 Å². The van der Waals surface area contributed by atoms with Gasteiger partial charge in [-0.1, -0.05) is 12.1 Å². The van der Waals surface area contributed by atoms with E-state index in [1.807, 2.05) is 0 Å². The summed E-state index contributed by atoms with van der Waals surface area (Å²) in [6, 6.07) is 7.29.